The summed E-state index contributed by atoms with van der Waals surface area (Å²) in [4.78, 5) is 4.43. The van der Waals surface area contributed by atoms with E-state index in [4.69, 9.17) is 28.9 Å². The zero-order valence-electron chi connectivity index (χ0n) is 10.3. The molecule has 0 spiro atoms. The van der Waals surface area contributed by atoms with E-state index in [2.05, 4.69) is 15.2 Å². The monoisotopic (exact) mass is 304 g/mol. The predicted molar refractivity (Wildman–Crippen MR) is 81.7 cm³/mol. The molecule has 1 heterocycles. The van der Waals surface area contributed by atoms with E-state index in [1.165, 1.54) is 0 Å². The molecule has 20 heavy (non-hydrogen) atoms. The molecule has 0 saturated carbocycles. The third-order valence-electron chi connectivity index (χ3n) is 2.82. The lowest BCUT2D eigenvalue weighted by Gasteiger charge is -2.00. The normalized spacial score (nSPS) is 10.7. The zero-order chi connectivity index (χ0) is 14.1. The second-order valence-electron chi connectivity index (χ2n) is 4.26. The molecule has 6 heteroatoms. The summed E-state index contributed by atoms with van der Waals surface area (Å²) in [7, 11) is 0. The molecule has 0 unspecified atom stereocenters. The third-order valence-corrected chi connectivity index (χ3v) is 3.36. The number of nitrogens with one attached hydrogen (secondary N) is 1. The Hall–Kier alpha value is -2.04. The number of H-pyrrole nitrogens is 1. The van der Waals surface area contributed by atoms with Gasteiger partial charge in [0.25, 0.3) is 0 Å². The lowest BCUT2D eigenvalue weighted by molar-refractivity contribution is 1.10. The topological polar surface area (TPSA) is 67.6 Å². The van der Waals surface area contributed by atoms with E-state index in [-0.39, 0.29) is 0 Å². The van der Waals surface area contributed by atoms with Crippen LogP contribution in [0, 0.1) is 0 Å². The highest BCUT2D eigenvalue weighted by Gasteiger charge is 2.11. The van der Waals surface area contributed by atoms with E-state index < -0.39 is 0 Å². The number of aromatic nitrogens is 3. The smallest absolute Gasteiger partial charge is 0.181 e. The van der Waals surface area contributed by atoms with Crippen LogP contribution < -0.4 is 5.73 Å². The maximum Gasteiger partial charge on any atom is 0.181 e. The highest BCUT2D eigenvalue weighted by atomic mass is 35.5. The van der Waals surface area contributed by atoms with Gasteiger partial charge in [0.2, 0.25) is 0 Å². The summed E-state index contributed by atoms with van der Waals surface area (Å²) in [5.41, 5.74) is 8.01. The van der Waals surface area contributed by atoms with Crippen molar-refractivity contribution in [2.24, 2.45) is 0 Å². The van der Waals surface area contributed by atoms with Crippen LogP contribution in [0.3, 0.4) is 0 Å². The van der Waals surface area contributed by atoms with Gasteiger partial charge in [0.15, 0.2) is 11.6 Å². The fourth-order valence-corrected chi connectivity index (χ4v) is 2.37. The van der Waals surface area contributed by atoms with Gasteiger partial charge in [0.05, 0.1) is 5.02 Å². The molecular formula is C14H10Cl2N4. The Morgan fingerprint density at radius 2 is 1.90 bits per heavy atom. The van der Waals surface area contributed by atoms with Crippen molar-refractivity contribution in [1.82, 2.24) is 15.2 Å². The van der Waals surface area contributed by atoms with Crippen molar-refractivity contribution in [2.45, 2.75) is 0 Å². The maximum absolute atomic E-state index is 6.15. The van der Waals surface area contributed by atoms with E-state index in [1.807, 2.05) is 24.3 Å². The molecule has 0 bridgehead atoms. The minimum absolute atomic E-state index is 0.521. The van der Waals surface area contributed by atoms with Crippen LogP contribution in [-0.2, 0) is 0 Å². The third kappa shape index (κ3) is 2.48. The predicted octanol–water partition coefficient (Wildman–Crippen LogP) is 4.03. The minimum Gasteiger partial charge on any atom is -0.399 e. The molecule has 2 aromatic carbocycles. The quantitative estimate of drug-likeness (QED) is 0.702. The molecule has 3 rings (SSSR count). The van der Waals surface area contributed by atoms with Crippen molar-refractivity contribution in [1.29, 1.82) is 0 Å². The number of rotatable bonds is 2. The molecule has 0 aliphatic heterocycles. The van der Waals surface area contributed by atoms with E-state index >= 15 is 0 Å². The Morgan fingerprint density at radius 3 is 2.65 bits per heavy atom. The van der Waals surface area contributed by atoms with Gasteiger partial charge in [-0.1, -0.05) is 35.3 Å². The molecule has 4 nitrogen and oxygen atoms in total. The van der Waals surface area contributed by atoms with E-state index in [0.29, 0.717) is 27.4 Å². The molecule has 0 fully saturated rings. The largest absolute Gasteiger partial charge is 0.399 e. The number of nitrogens with zero attached hydrogens (tertiary/aromatic N) is 2. The van der Waals surface area contributed by atoms with Gasteiger partial charge in [-0.2, -0.15) is 5.10 Å². The van der Waals surface area contributed by atoms with E-state index in [1.54, 1.807) is 18.2 Å². The molecule has 100 valence electrons. The van der Waals surface area contributed by atoms with Gasteiger partial charge in [-0.25, -0.2) is 4.98 Å². The van der Waals surface area contributed by atoms with Gasteiger partial charge >= 0.3 is 0 Å². The van der Waals surface area contributed by atoms with Gasteiger partial charge in [-0.15, -0.1) is 0 Å². The van der Waals surface area contributed by atoms with Gasteiger partial charge in [-0.05, 0) is 30.3 Å². The van der Waals surface area contributed by atoms with Crippen molar-refractivity contribution in [3.05, 3.63) is 52.5 Å². The zero-order valence-corrected chi connectivity index (χ0v) is 11.8. The number of halogens is 2. The first kappa shape index (κ1) is 13.0. The lowest BCUT2D eigenvalue weighted by Crippen LogP contribution is -1.86. The van der Waals surface area contributed by atoms with Gasteiger partial charge < -0.3 is 5.73 Å². The summed E-state index contributed by atoms with van der Waals surface area (Å²) in [5.74, 6) is 1.16. The Bertz CT molecular complexity index is 767. The van der Waals surface area contributed by atoms with Crippen LogP contribution in [0.4, 0.5) is 5.69 Å². The number of aromatic amines is 1. The summed E-state index contributed by atoms with van der Waals surface area (Å²) >= 11 is 12.0. The summed E-state index contributed by atoms with van der Waals surface area (Å²) in [6, 6.07) is 12.6. The van der Waals surface area contributed by atoms with Crippen molar-refractivity contribution >= 4 is 28.9 Å². The number of hydrogen-bond acceptors (Lipinski definition) is 3. The molecule has 0 radical (unpaired) electrons. The minimum atomic E-state index is 0.521. The number of nitrogens with two attached hydrogens (primary N) is 1. The van der Waals surface area contributed by atoms with Crippen LogP contribution in [-0.4, -0.2) is 15.2 Å². The van der Waals surface area contributed by atoms with Crippen molar-refractivity contribution in [2.75, 3.05) is 5.73 Å². The highest BCUT2D eigenvalue weighted by Crippen LogP contribution is 2.29. The molecule has 0 amide bonds. The summed E-state index contributed by atoms with van der Waals surface area (Å²) in [6.45, 7) is 0. The van der Waals surface area contributed by atoms with Gasteiger partial charge in [0, 0.05) is 21.8 Å². The fourth-order valence-electron chi connectivity index (χ4n) is 1.87. The van der Waals surface area contributed by atoms with Crippen LogP contribution in [0.5, 0.6) is 0 Å². The van der Waals surface area contributed by atoms with Crippen LogP contribution >= 0.6 is 23.2 Å². The average molecular weight is 305 g/mol. The summed E-state index contributed by atoms with van der Waals surface area (Å²) in [6.07, 6.45) is 0. The fraction of sp³-hybridized carbons (Fsp3) is 0. The van der Waals surface area contributed by atoms with Gasteiger partial charge in [0.1, 0.15) is 0 Å². The highest BCUT2D eigenvalue weighted by molar-refractivity contribution is 6.36. The first-order chi connectivity index (χ1) is 9.63. The van der Waals surface area contributed by atoms with Crippen LogP contribution in [0.15, 0.2) is 42.5 Å². The maximum atomic E-state index is 6.15. The molecule has 1 aromatic heterocycles. The Balaban J connectivity index is 2.02. The number of nitrogen functional groups attached to an aromatic ring is 1. The molecule has 0 aliphatic rings. The van der Waals surface area contributed by atoms with E-state index in [0.717, 1.165) is 11.1 Å². The number of benzene rings is 2. The van der Waals surface area contributed by atoms with E-state index in [9.17, 15) is 0 Å². The first-order valence-electron chi connectivity index (χ1n) is 5.87. The van der Waals surface area contributed by atoms with Crippen LogP contribution in [0.1, 0.15) is 0 Å². The summed E-state index contributed by atoms with van der Waals surface area (Å²) < 4.78 is 0. The Morgan fingerprint density at radius 1 is 1.05 bits per heavy atom. The van der Waals surface area contributed by atoms with Crippen molar-refractivity contribution < 1.29 is 0 Å². The van der Waals surface area contributed by atoms with Crippen molar-refractivity contribution in [3.8, 4) is 22.8 Å². The van der Waals surface area contributed by atoms with Crippen LogP contribution in [0.25, 0.3) is 22.8 Å². The Labute approximate surface area is 125 Å². The molecule has 0 atom stereocenters. The first-order valence-corrected chi connectivity index (χ1v) is 6.63. The second-order valence-corrected chi connectivity index (χ2v) is 5.10. The molecule has 0 aliphatic carbocycles. The van der Waals surface area contributed by atoms with Crippen LogP contribution in [0.2, 0.25) is 10.0 Å². The SMILES string of the molecule is Nc1cccc(-c2n[nH]c(-c3ccc(Cl)cc3Cl)n2)c1. The van der Waals surface area contributed by atoms with Gasteiger partial charge in [-0.3, -0.25) is 5.10 Å². The molecule has 0 saturated heterocycles. The summed E-state index contributed by atoms with van der Waals surface area (Å²) in [5, 5.41) is 8.15. The molecule has 3 aromatic rings. The number of anilines is 1. The molecule has 3 N–H and O–H groups in total. The standard InChI is InChI=1S/C14H10Cl2N4/c15-9-4-5-11(12(16)7-9)14-18-13(19-20-14)8-2-1-3-10(17)6-8/h1-7H,17H2,(H,18,19,20). The molecular weight excluding hydrogens is 295 g/mol. The average Bonchev–Trinajstić information content (AvgIpc) is 2.88. The van der Waals surface area contributed by atoms with Crippen molar-refractivity contribution in [3.63, 3.8) is 0 Å². The number of hydrogen-bond donors (Lipinski definition) is 2. The second kappa shape index (κ2) is 5.15. The Kier molecular flexibility index (Phi) is 3.34. The lowest BCUT2D eigenvalue weighted by atomic mass is 10.2.